The zero-order valence-electron chi connectivity index (χ0n) is 19.1. The number of rotatable bonds is 11. The first-order valence-electron chi connectivity index (χ1n) is 10.7. The highest BCUT2D eigenvalue weighted by molar-refractivity contribution is 9.10. The van der Waals surface area contributed by atoms with Crippen LogP contribution in [-0.2, 0) is 4.74 Å². The second-order valence-electron chi connectivity index (χ2n) is 7.73. The second kappa shape index (κ2) is 13.9. The van der Waals surface area contributed by atoms with Crippen molar-refractivity contribution in [2.75, 3.05) is 32.2 Å². The molecule has 9 heteroatoms. The Morgan fingerprint density at radius 1 is 1.09 bits per heavy atom. The number of para-hydroxylation sites is 1. The number of ether oxygens (including phenoxy) is 2. The molecule has 0 aliphatic heterocycles. The minimum absolute atomic E-state index is 0.0908. The van der Waals surface area contributed by atoms with Gasteiger partial charge in [-0.3, -0.25) is 14.9 Å². The van der Waals surface area contributed by atoms with E-state index in [1.54, 1.807) is 49.6 Å². The minimum atomic E-state index is -0.372. The van der Waals surface area contributed by atoms with Gasteiger partial charge in [0.2, 0.25) is 0 Å². The molecule has 0 fully saturated rings. The Hall–Kier alpha value is -2.49. The first kappa shape index (κ1) is 26.8. The van der Waals surface area contributed by atoms with Crippen molar-refractivity contribution in [3.63, 3.8) is 0 Å². The van der Waals surface area contributed by atoms with Gasteiger partial charge in [-0.25, -0.2) is 0 Å². The summed E-state index contributed by atoms with van der Waals surface area (Å²) in [6, 6.07) is 12.1. The molecule has 7 nitrogen and oxygen atoms in total. The number of nitrogens with one attached hydrogen (secondary N) is 3. The molecule has 0 aliphatic rings. The number of amides is 2. The summed E-state index contributed by atoms with van der Waals surface area (Å²) in [6.07, 6.45) is 1.66. The van der Waals surface area contributed by atoms with E-state index in [1.807, 2.05) is 0 Å². The van der Waals surface area contributed by atoms with E-state index in [0.29, 0.717) is 59.1 Å². The summed E-state index contributed by atoms with van der Waals surface area (Å²) in [4.78, 5) is 25.1. The average molecular weight is 536 g/mol. The smallest absolute Gasteiger partial charge is 0.257 e. The van der Waals surface area contributed by atoms with E-state index in [4.69, 9.17) is 21.7 Å². The fraction of sp³-hybridized carbons (Fsp3) is 0.375. The van der Waals surface area contributed by atoms with Crippen LogP contribution in [0.25, 0.3) is 0 Å². The van der Waals surface area contributed by atoms with Crippen LogP contribution in [0, 0.1) is 5.92 Å². The third-order valence-corrected chi connectivity index (χ3v) is 5.43. The molecule has 3 N–H and O–H groups in total. The molecule has 2 aromatic rings. The zero-order valence-corrected chi connectivity index (χ0v) is 21.5. The average Bonchev–Trinajstić information content (AvgIpc) is 2.77. The summed E-state index contributed by atoms with van der Waals surface area (Å²) in [7, 11) is 1.62. The molecule has 0 heterocycles. The number of anilines is 1. The van der Waals surface area contributed by atoms with E-state index >= 15 is 0 Å². The Balaban J connectivity index is 1.96. The molecule has 0 bridgehead atoms. The number of methoxy groups -OCH3 is 1. The number of halogens is 1. The van der Waals surface area contributed by atoms with Crippen molar-refractivity contribution in [1.82, 2.24) is 10.6 Å². The number of benzene rings is 2. The zero-order chi connectivity index (χ0) is 24.2. The predicted molar refractivity (Wildman–Crippen MR) is 138 cm³/mol. The highest BCUT2D eigenvalue weighted by Gasteiger charge is 2.14. The van der Waals surface area contributed by atoms with Crippen LogP contribution in [0.5, 0.6) is 5.75 Å². The van der Waals surface area contributed by atoms with E-state index in [1.165, 1.54) is 0 Å². The highest BCUT2D eigenvalue weighted by atomic mass is 79.9. The lowest BCUT2D eigenvalue weighted by molar-refractivity contribution is 0.0947. The molecule has 2 aromatic carbocycles. The molecule has 33 heavy (non-hydrogen) atoms. The van der Waals surface area contributed by atoms with Crippen molar-refractivity contribution in [1.29, 1.82) is 0 Å². The lowest BCUT2D eigenvalue weighted by Crippen LogP contribution is -2.35. The molecule has 0 saturated carbocycles. The Kier molecular flexibility index (Phi) is 11.3. The molecule has 0 unspecified atom stereocenters. The second-order valence-corrected chi connectivity index (χ2v) is 8.99. The molecule has 0 aliphatic carbocycles. The summed E-state index contributed by atoms with van der Waals surface area (Å²) >= 11 is 8.75. The van der Waals surface area contributed by atoms with Crippen LogP contribution in [0.2, 0.25) is 0 Å². The maximum atomic E-state index is 12.6. The molecule has 0 radical (unpaired) electrons. The highest BCUT2D eigenvalue weighted by Crippen LogP contribution is 2.26. The van der Waals surface area contributed by atoms with Crippen LogP contribution in [0.4, 0.5) is 5.69 Å². The van der Waals surface area contributed by atoms with Crippen molar-refractivity contribution in [3.05, 3.63) is 58.1 Å². The normalized spacial score (nSPS) is 10.6. The van der Waals surface area contributed by atoms with Gasteiger partial charge < -0.3 is 20.1 Å². The van der Waals surface area contributed by atoms with Gasteiger partial charge in [-0.1, -0.05) is 26.0 Å². The van der Waals surface area contributed by atoms with E-state index in [9.17, 15) is 9.59 Å². The van der Waals surface area contributed by atoms with Gasteiger partial charge in [-0.15, -0.1) is 0 Å². The van der Waals surface area contributed by atoms with E-state index in [-0.39, 0.29) is 16.9 Å². The first-order valence-corrected chi connectivity index (χ1v) is 11.9. The third kappa shape index (κ3) is 9.11. The van der Waals surface area contributed by atoms with E-state index in [0.717, 1.165) is 6.42 Å². The van der Waals surface area contributed by atoms with Crippen LogP contribution in [0.3, 0.4) is 0 Å². The van der Waals surface area contributed by atoms with Crippen molar-refractivity contribution in [3.8, 4) is 5.75 Å². The molecule has 0 aromatic heterocycles. The van der Waals surface area contributed by atoms with Crippen LogP contribution >= 0.6 is 28.1 Å². The van der Waals surface area contributed by atoms with Gasteiger partial charge in [0.25, 0.3) is 11.8 Å². The van der Waals surface area contributed by atoms with Crippen molar-refractivity contribution in [2.24, 2.45) is 5.92 Å². The number of carbonyl (C=O) groups excluding carboxylic acids is 2. The molecule has 0 saturated heterocycles. The van der Waals surface area contributed by atoms with Gasteiger partial charge >= 0.3 is 0 Å². The maximum Gasteiger partial charge on any atom is 0.257 e. The van der Waals surface area contributed by atoms with Gasteiger partial charge in [0.15, 0.2) is 5.11 Å². The summed E-state index contributed by atoms with van der Waals surface area (Å²) in [5.41, 5.74) is 1.35. The summed E-state index contributed by atoms with van der Waals surface area (Å²) in [5, 5.41) is 8.51. The SMILES string of the molecule is COCCCNC(=O)c1ccccc1NC(=S)NC(=O)c1ccc(OCCC(C)C)c(Br)c1. The Bertz CT molecular complexity index is 968. The number of hydrogen-bond donors (Lipinski definition) is 3. The van der Waals surface area contributed by atoms with Crippen LogP contribution < -0.4 is 20.7 Å². The summed E-state index contributed by atoms with van der Waals surface area (Å²) in [6.45, 7) is 5.94. The topological polar surface area (TPSA) is 88.7 Å². The lowest BCUT2D eigenvalue weighted by atomic mass is 10.1. The van der Waals surface area contributed by atoms with Gasteiger partial charge in [-0.05, 0) is 77.2 Å². The van der Waals surface area contributed by atoms with Gasteiger partial charge in [0.05, 0.1) is 22.3 Å². The number of thiocarbonyl (C=S) groups is 1. The van der Waals surface area contributed by atoms with Crippen molar-refractivity contribution < 1.29 is 19.1 Å². The molecular formula is C24H30BrN3O4S. The monoisotopic (exact) mass is 535 g/mol. The Labute approximate surface area is 208 Å². The lowest BCUT2D eigenvalue weighted by Gasteiger charge is -2.14. The minimum Gasteiger partial charge on any atom is -0.492 e. The fourth-order valence-electron chi connectivity index (χ4n) is 2.80. The largest absolute Gasteiger partial charge is 0.492 e. The maximum absolute atomic E-state index is 12.6. The predicted octanol–water partition coefficient (Wildman–Crippen LogP) is 4.77. The fourth-order valence-corrected chi connectivity index (χ4v) is 3.49. The van der Waals surface area contributed by atoms with Crippen LogP contribution in [0.15, 0.2) is 46.9 Å². The van der Waals surface area contributed by atoms with E-state index in [2.05, 4.69) is 45.7 Å². The molecular weight excluding hydrogens is 506 g/mol. The molecule has 2 rings (SSSR count). The molecule has 2 amide bonds. The Morgan fingerprint density at radius 2 is 1.85 bits per heavy atom. The molecule has 0 atom stereocenters. The van der Waals surface area contributed by atoms with Crippen molar-refractivity contribution >= 4 is 50.8 Å². The standard InChI is InChI=1S/C24H30BrN3O4S/c1-16(2)11-14-32-21-10-9-17(15-19(21)25)22(29)28-24(33)27-20-8-5-4-7-18(20)23(30)26-12-6-13-31-3/h4-5,7-10,15-16H,6,11-14H2,1-3H3,(H,26,30)(H2,27,28,29,33). The van der Waals surface area contributed by atoms with Crippen molar-refractivity contribution in [2.45, 2.75) is 26.7 Å². The molecule has 0 spiro atoms. The summed E-state index contributed by atoms with van der Waals surface area (Å²) < 4.78 is 11.4. The van der Waals surface area contributed by atoms with Crippen LogP contribution in [-0.4, -0.2) is 43.8 Å². The van der Waals surface area contributed by atoms with Gasteiger partial charge in [-0.2, -0.15) is 0 Å². The Morgan fingerprint density at radius 3 is 2.55 bits per heavy atom. The van der Waals surface area contributed by atoms with E-state index < -0.39 is 0 Å². The van der Waals surface area contributed by atoms with Gasteiger partial charge in [0, 0.05) is 25.8 Å². The van der Waals surface area contributed by atoms with Crippen LogP contribution in [0.1, 0.15) is 47.4 Å². The quantitative estimate of drug-likeness (QED) is 0.283. The molecule has 178 valence electrons. The number of hydrogen-bond acceptors (Lipinski definition) is 5. The summed E-state index contributed by atoms with van der Waals surface area (Å²) in [5.74, 6) is 0.622. The van der Waals surface area contributed by atoms with Gasteiger partial charge in [0.1, 0.15) is 5.75 Å². The third-order valence-electron chi connectivity index (χ3n) is 4.60. The first-order chi connectivity index (χ1) is 15.8. The number of carbonyl (C=O) groups is 2.